The van der Waals surface area contributed by atoms with E-state index < -0.39 is 0 Å². The molecule has 0 unspecified atom stereocenters. The van der Waals surface area contributed by atoms with E-state index in [4.69, 9.17) is 0 Å². The van der Waals surface area contributed by atoms with Gasteiger partial charge in [0.1, 0.15) is 0 Å². The molecule has 0 saturated carbocycles. The Labute approximate surface area is 149 Å². The number of carbonyl (C=O) groups excluding carboxylic acids is 1. The quantitative estimate of drug-likeness (QED) is 0.845. The average molecular weight is 334 g/mol. The fourth-order valence-electron chi connectivity index (χ4n) is 4.45. The molecule has 2 aliphatic rings. The lowest BCUT2D eigenvalue weighted by molar-refractivity contribution is -0.136. The van der Waals surface area contributed by atoms with Crippen LogP contribution in [0.15, 0.2) is 48.5 Å². The highest BCUT2D eigenvalue weighted by Crippen LogP contribution is 2.30. The van der Waals surface area contributed by atoms with E-state index >= 15 is 0 Å². The number of carbonyl (C=O) groups is 1. The second kappa shape index (κ2) is 7.01. The summed E-state index contributed by atoms with van der Waals surface area (Å²) in [5.41, 5.74) is 1.28. The zero-order valence-electron chi connectivity index (χ0n) is 14.9. The molecule has 3 nitrogen and oxygen atoms in total. The Morgan fingerprint density at radius 1 is 1.08 bits per heavy atom. The Morgan fingerprint density at radius 2 is 1.80 bits per heavy atom. The molecular formula is C22H26N2O. The summed E-state index contributed by atoms with van der Waals surface area (Å²) in [5.74, 6) is 0.332. The molecule has 25 heavy (non-hydrogen) atoms. The molecule has 2 saturated heterocycles. The van der Waals surface area contributed by atoms with Crippen LogP contribution in [-0.4, -0.2) is 47.4 Å². The molecule has 0 aromatic heterocycles. The summed E-state index contributed by atoms with van der Waals surface area (Å²) in [5, 5.41) is 2.59. The minimum absolute atomic E-state index is 0.332. The first kappa shape index (κ1) is 16.3. The molecule has 2 aliphatic heterocycles. The van der Waals surface area contributed by atoms with Gasteiger partial charge in [-0.2, -0.15) is 0 Å². The van der Waals surface area contributed by atoms with Gasteiger partial charge in [0.15, 0.2) is 0 Å². The van der Waals surface area contributed by atoms with Gasteiger partial charge in [0.05, 0.1) is 0 Å². The summed E-state index contributed by atoms with van der Waals surface area (Å²) in [4.78, 5) is 16.8. The van der Waals surface area contributed by atoms with Crippen molar-refractivity contribution in [2.24, 2.45) is 0 Å². The minimum atomic E-state index is 0.332. The summed E-state index contributed by atoms with van der Waals surface area (Å²) in [6.45, 7) is 4.97. The molecule has 0 spiro atoms. The smallest absolute Gasteiger partial charge is 0.222 e. The Morgan fingerprint density at radius 3 is 2.56 bits per heavy atom. The molecule has 1 amide bonds. The summed E-state index contributed by atoms with van der Waals surface area (Å²) in [7, 11) is 0. The molecular weight excluding hydrogens is 308 g/mol. The van der Waals surface area contributed by atoms with Gasteiger partial charge in [0.25, 0.3) is 0 Å². The molecule has 2 aromatic rings. The monoisotopic (exact) mass is 334 g/mol. The first-order valence-corrected chi connectivity index (χ1v) is 9.44. The maximum Gasteiger partial charge on any atom is 0.222 e. The zero-order valence-corrected chi connectivity index (χ0v) is 14.9. The van der Waals surface area contributed by atoms with Crippen LogP contribution >= 0.6 is 0 Å². The van der Waals surface area contributed by atoms with E-state index in [1.165, 1.54) is 29.2 Å². The van der Waals surface area contributed by atoms with E-state index in [9.17, 15) is 4.79 Å². The van der Waals surface area contributed by atoms with Gasteiger partial charge in [-0.05, 0) is 29.2 Å². The first-order valence-electron chi connectivity index (χ1n) is 9.44. The molecule has 2 bridgehead atoms. The second-order valence-electron chi connectivity index (χ2n) is 7.23. The molecule has 2 aromatic carbocycles. The summed E-state index contributed by atoms with van der Waals surface area (Å²) >= 11 is 0. The Kier molecular flexibility index (Phi) is 4.58. The van der Waals surface area contributed by atoms with E-state index in [1.54, 1.807) is 0 Å². The van der Waals surface area contributed by atoms with Crippen LogP contribution in [0.5, 0.6) is 0 Å². The Bertz CT molecular complexity index is 778. The van der Waals surface area contributed by atoms with Gasteiger partial charge in [0.2, 0.25) is 5.91 Å². The Hall–Kier alpha value is -2.13. The fraction of sp³-hybridized carbons (Fsp3) is 0.409. The molecule has 2 fully saturated rings. The fourth-order valence-corrected chi connectivity index (χ4v) is 4.45. The van der Waals surface area contributed by atoms with Crippen LogP contribution in [0.2, 0.25) is 0 Å². The topological polar surface area (TPSA) is 23.6 Å². The molecule has 2 heterocycles. The molecule has 0 aliphatic carbocycles. The number of piperazine rings is 1. The van der Waals surface area contributed by atoms with Gasteiger partial charge < -0.3 is 4.90 Å². The lowest BCUT2D eigenvalue weighted by Crippen LogP contribution is -2.55. The van der Waals surface area contributed by atoms with Crippen molar-refractivity contribution in [3.8, 4) is 0 Å². The van der Waals surface area contributed by atoms with E-state index in [0.717, 1.165) is 19.6 Å². The van der Waals surface area contributed by atoms with Gasteiger partial charge in [0, 0.05) is 38.1 Å². The second-order valence-corrected chi connectivity index (χ2v) is 7.23. The van der Waals surface area contributed by atoms with Crippen LogP contribution in [-0.2, 0) is 4.79 Å². The van der Waals surface area contributed by atoms with Crippen LogP contribution in [0.3, 0.4) is 0 Å². The summed E-state index contributed by atoms with van der Waals surface area (Å²) < 4.78 is 0. The van der Waals surface area contributed by atoms with Crippen LogP contribution in [0.25, 0.3) is 16.8 Å². The van der Waals surface area contributed by atoms with Crippen molar-refractivity contribution in [3.05, 3.63) is 54.1 Å². The van der Waals surface area contributed by atoms with Gasteiger partial charge in [-0.25, -0.2) is 0 Å². The highest BCUT2D eigenvalue weighted by molar-refractivity contribution is 5.90. The number of hydrogen-bond acceptors (Lipinski definition) is 2. The standard InChI is InChI=1S/C22H26N2O/c1-2-22(25)24-19-12-13-20(24)16-23(15-19)14-6-10-18-9-5-8-17-7-3-4-11-21(17)18/h3-11,19-20H,2,12-16H2,1H3/b10-6+/t19-,20+. The lowest BCUT2D eigenvalue weighted by Gasteiger charge is -2.40. The van der Waals surface area contributed by atoms with Crippen molar-refractivity contribution in [2.45, 2.75) is 38.3 Å². The van der Waals surface area contributed by atoms with Crippen molar-refractivity contribution >= 4 is 22.8 Å². The molecule has 2 atom stereocenters. The first-order chi connectivity index (χ1) is 12.3. The number of amides is 1. The van der Waals surface area contributed by atoms with Crippen LogP contribution < -0.4 is 0 Å². The van der Waals surface area contributed by atoms with Crippen molar-refractivity contribution in [3.63, 3.8) is 0 Å². The third-order valence-electron chi connectivity index (χ3n) is 5.63. The highest BCUT2D eigenvalue weighted by Gasteiger charge is 2.41. The minimum Gasteiger partial charge on any atom is -0.334 e. The third-order valence-corrected chi connectivity index (χ3v) is 5.63. The molecule has 0 N–H and O–H groups in total. The number of hydrogen-bond donors (Lipinski definition) is 0. The van der Waals surface area contributed by atoms with Gasteiger partial charge in [-0.15, -0.1) is 0 Å². The number of benzene rings is 2. The number of rotatable bonds is 4. The number of likely N-dealkylation sites (tertiary alicyclic amines) is 1. The lowest BCUT2D eigenvalue weighted by atomic mass is 10.0. The average Bonchev–Trinajstić information content (AvgIpc) is 2.92. The van der Waals surface area contributed by atoms with Crippen LogP contribution in [0, 0.1) is 0 Å². The van der Waals surface area contributed by atoms with Crippen molar-refractivity contribution in [1.29, 1.82) is 0 Å². The largest absolute Gasteiger partial charge is 0.334 e. The number of fused-ring (bicyclic) bond motifs is 3. The third kappa shape index (κ3) is 3.21. The predicted molar refractivity (Wildman–Crippen MR) is 103 cm³/mol. The van der Waals surface area contributed by atoms with Gasteiger partial charge >= 0.3 is 0 Å². The van der Waals surface area contributed by atoms with Crippen LogP contribution in [0.1, 0.15) is 31.7 Å². The zero-order chi connectivity index (χ0) is 17.2. The van der Waals surface area contributed by atoms with E-state index in [0.29, 0.717) is 24.4 Å². The summed E-state index contributed by atoms with van der Waals surface area (Å²) in [6.07, 6.45) is 7.49. The SMILES string of the molecule is CCC(=O)N1[C@@H]2CC[C@H]1CN(C/C=C/c1cccc3ccccc13)C2. The molecule has 4 rings (SSSR count). The Balaban J connectivity index is 1.42. The predicted octanol–water partition coefficient (Wildman–Crippen LogP) is 3.94. The van der Waals surface area contributed by atoms with Crippen molar-refractivity contribution in [1.82, 2.24) is 9.80 Å². The summed E-state index contributed by atoms with van der Waals surface area (Å²) in [6, 6.07) is 15.9. The van der Waals surface area contributed by atoms with Crippen molar-refractivity contribution in [2.75, 3.05) is 19.6 Å². The molecule has 0 radical (unpaired) electrons. The van der Waals surface area contributed by atoms with Gasteiger partial charge in [-0.1, -0.05) is 61.5 Å². The van der Waals surface area contributed by atoms with Crippen molar-refractivity contribution < 1.29 is 4.79 Å². The highest BCUT2D eigenvalue weighted by atomic mass is 16.2. The van der Waals surface area contributed by atoms with E-state index in [-0.39, 0.29) is 0 Å². The van der Waals surface area contributed by atoms with Gasteiger partial charge in [-0.3, -0.25) is 9.69 Å². The maximum atomic E-state index is 12.2. The molecule has 3 heteroatoms. The van der Waals surface area contributed by atoms with Crippen LogP contribution in [0.4, 0.5) is 0 Å². The normalized spacial score (nSPS) is 23.6. The van der Waals surface area contributed by atoms with E-state index in [2.05, 4.69) is 64.4 Å². The molecule has 130 valence electrons. The van der Waals surface area contributed by atoms with E-state index in [1.807, 2.05) is 6.92 Å². The number of nitrogens with zero attached hydrogens (tertiary/aromatic N) is 2. The maximum absolute atomic E-state index is 12.2.